The number of ether oxygens (including phenoxy) is 3. The Labute approximate surface area is 188 Å². The van der Waals surface area contributed by atoms with E-state index in [9.17, 15) is 13.2 Å². The molecule has 1 unspecified atom stereocenters. The summed E-state index contributed by atoms with van der Waals surface area (Å²) in [5, 5.41) is 0. The Kier molecular flexibility index (Phi) is 6.64. The van der Waals surface area contributed by atoms with Gasteiger partial charge in [0.15, 0.2) is 5.78 Å². The van der Waals surface area contributed by atoms with Gasteiger partial charge in [0.25, 0.3) is 0 Å². The predicted octanol–water partition coefficient (Wildman–Crippen LogP) is 3.33. The fourth-order valence-electron chi connectivity index (χ4n) is 3.85. The van der Waals surface area contributed by atoms with E-state index in [1.165, 1.54) is 34.6 Å². The summed E-state index contributed by atoms with van der Waals surface area (Å²) in [6.07, 6.45) is 4.12. The van der Waals surface area contributed by atoms with Crippen LogP contribution in [-0.4, -0.2) is 57.5 Å². The van der Waals surface area contributed by atoms with Crippen LogP contribution in [0.2, 0.25) is 0 Å². The number of ketones is 1. The number of hydrogen-bond donors (Lipinski definition) is 0. The first-order valence-electron chi connectivity index (χ1n) is 10.7. The van der Waals surface area contributed by atoms with Gasteiger partial charge in [-0.05, 0) is 62.4 Å². The second-order valence-electron chi connectivity index (χ2n) is 7.80. The minimum atomic E-state index is -3.59. The van der Waals surface area contributed by atoms with Crippen LogP contribution in [0.1, 0.15) is 35.3 Å². The summed E-state index contributed by atoms with van der Waals surface area (Å²) in [6, 6.07) is 9.89. The number of rotatable bonds is 7. The third-order valence-corrected chi connectivity index (χ3v) is 7.40. The molecule has 0 N–H and O–H groups in total. The van der Waals surface area contributed by atoms with Gasteiger partial charge in [-0.2, -0.15) is 4.31 Å². The van der Waals surface area contributed by atoms with Crippen LogP contribution < -0.4 is 9.47 Å². The lowest BCUT2D eigenvalue weighted by Gasteiger charge is -2.26. The second-order valence-corrected chi connectivity index (χ2v) is 9.74. The standard InChI is InChI=1S/C24H27NO6S/c1-3-30-23-16-20-14-17(2)31-24(20)15-19(23)6-9-22(26)18-4-7-21(8-5-18)32(27,28)25-10-12-29-13-11-25/h4-9,15-17H,3,10-14H2,1-2H3/b9-6+. The Balaban J connectivity index is 1.51. The molecule has 0 aliphatic carbocycles. The fourth-order valence-corrected chi connectivity index (χ4v) is 5.26. The van der Waals surface area contributed by atoms with Crippen LogP contribution in [0.4, 0.5) is 0 Å². The first-order valence-corrected chi connectivity index (χ1v) is 12.2. The van der Waals surface area contributed by atoms with E-state index in [0.717, 1.165) is 23.3 Å². The lowest BCUT2D eigenvalue weighted by Crippen LogP contribution is -2.40. The van der Waals surface area contributed by atoms with Crippen LogP contribution in [0.25, 0.3) is 6.08 Å². The fraction of sp³-hybridized carbons (Fsp3) is 0.375. The van der Waals surface area contributed by atoms with E-state index in [-0.39, 0.29) is 16.8 Å². The average Bonchev–Trinajstić information content (AvgIpc) is 3.17. The number of carbonyl (C=O) groups is 1. The van der Waals surface area contributed by atoms with Gasteiger partial charge in [-0.1, -0.05) is 0 Å². The number of allylic oxidation sites excluding steroid dienone is 1. The van der Waals surface area contributed by atoms with Crippen molar-refractivity contribution in [3.8, 4) is 11.5 Å². The summed E-state index contributed by atoms with van der Waals surface area (Å²) in [5.41, 5.74) is 2.27. The van der Waals surface area contributed by atoms with Crippen LogP contribution in [0, 0.1) is 0 Å². The van der Waals surface area contributed by atoms with Gasteiger partial charge in [0, 0.05) is 36.2 Å². The van der Waals surface area contributed by atoms with E-state index >= 15 is 0 Å². The molecule has 0 saturated carbocycles. The summed E-state index contributed by atoms with van der Waals surface area (Å²) >= 11 is 0. The van der Waals surface area contributed by atoms with E-state index in [2.05, 4.69) is 0 Å². The highest BCUT2D eigenvalue weighted by molar-refractivity contribution is 7.89. The minimum Gasteiger partial charge on any atom is -0.493 e. The number of fused-ring (bicyclic) bond motifs is 1. The number of hydrogen-bond acceptors (Lipinski definition) is 6. The van der Waals surface area contributed by atoms with Crippen molar-refractivity contribution in [2.24, 2.45) is 0 Å². The quantitative estimate of drug-likeness (QED) is 0.469. The highest BCUT2D eigenvalue weighted by Gasteiger charge is 2.26. The number of sulfonamides is 1. The van der Waals surface area contributed by atoms with Crippen molar-refractivity contribution < 1.29 is 27.4 Å². The van der Waals surface area contributed by atoms with Crippen molar-refractivity contribution >= 4 is 21.9 Å². The zero-order chi connectivity index (χ0) is 22.7. The van der Waals surface area contributed by atoms with Gasteiger partial charge in [0.2, 0.25) is 10.0 Å². The molecule has 0 amide bonds. The normalized spacial score (nSPS) is 19.0. The van der Waals surface area contributed by atoms with Crippen LogP contribution in [0.3, 0.4) is 0 Å². The molecule has 2 aliphatic heterocycles. The highest BCUT2D eigenvalue weighted by Crippen LogP contribution is 2.35. The van der Waals surface area contributed by atoms with Crippen LogP contribution >= 0.6 is 0 Å². The Hall–Kier alpha value is -2.68. The van der Waals surface area contributed by atoms with Gasteiger partial charge in [-0.15, -0.1) is 0 Å². The van der Waals surface area contributed by atoms with Crippen molar-refractivity contribution in [1.29, 1.82) is 0 Å². The number of nitrogens with zero attached hydrogens (tertiary/aromatic N) is 1. The molecule has 2 aliphatic rings. The summed E-state index contributed by atoms with van der Waals surface area (Å²) in [7, 11) is -3.59. The largest absolute Gasteiger partial charge is 0.493 e. The van der Waals surface area contributed by atoms with Gasteiger partial charge in [0.05, 0.1) is 24.7 Å². The van der Waals surface area contributed by atoms with Crippen LogP contribution in [-0.2, 0) is 21.2 Å². The van der Waals surface area contributed by atoms with Gasteiger partial charge in [-0.25, -0.2) is 8.42 Å². The van der Waals surface area contributed by atoms with Crippen LogP contribution in [0.15, 0.2) is 47.4 Å². The van der Waals surface area contributed by atoms with Gasteiger partial charge in [0.1, 0.15) is 17.6 Å². The Morgan fingerprint density at radius 3 is 2.59 bits per heavy atom. The molecule has 1 fully saturated rings. The summed E-state index contributed by atoms with van der Waals surface area (Å²) in [4.78, 5) is 12.9. The first kappa shape index (κ1) is 22.5. The molecule has 1 saturated heterocycles. The number of carbonyl (C=O) groups excluding carboxylic acids is 1. The highest BCUT2D eigenvalue weighted by atomic mass is 32.2. The van der Waals surface area contributed by atoms with Gasteiger partial charge in [-0.3, -0.25) is 4.79 Å². The summed E-state index contributed by atoms with van der Waals surface area (Å²) in [6.45, 7) is 5.88. The summed E-state index contributed by atoms with van der Waals surface area (Å²) in [5.74, 6) is 1.29. The molecule has 1 atom stereocenters. The third-order valence-electron chi connectivity index (χ3n) is 5.49. The SMILES string of the molecule is CCOc1cc2c(cc1/C=C/C(=O)c1ccc(S(=O)(=O)N3CCOCC3)cc1)OC(C)C2. The molecule has 8 heteroatoms. The smallest absolute Gasteiger partial charge is 0.243 e. The second kappa shape index (κ2) is 9.44. The maximum absolute atomic E-state index is 12.7. The average molecular weight is 458 g/mol. The first-order chi connectivity index (χ1) is 15.4. The van der Waals surface area contributed by atoms with E-state index in [4.69, 9.17) is 14.2 Å². The molecule has 7 nitrogen and oxygen atoms in total. The number of benzene rings is 2. The van der Waals surface area contributed by atoms with E-state index in [1.54, 1.807) is 6.08 Å². The topological polar surface area (TPSA) is 82.1 Å². The monoisotopic (exact) mass is 457 g/mol. The van der Waals surface area contributed by atoms with Gasteiger partial charge >= 0.3 is 0 Å². The van der Waals surface area contributed by atoms with Crippen molar-refractivity contribution in [3.05, 3.63) is 59.2 Å². The minimum absolute atomic E-state index is 0.118. The molecule has 2 aromatic carbocycles. The van der Waals surface area contributed by atoms with E-state index in [1.807, 2.05) is 26.0 Å². The zero-order valence-corrected chi connectivity index (χ0v) is 19.1. The maximum atomic E-state index is 12.7. The van der Waals surface area contributed by atoms with E-state index < -0.39 is 10.0 Å². The molecule has 0 bridgehead atoms. The lowest BCUT2D eigenvalue weighted by atomic mass is 10.0. The molecule has 2 heterocycles. The molecular formula is C24H27NO6S. The molecule has 170 valence electrons. The van der Waals surface area contributed by atoms with Crippen molar-refractivity contribution in [2.45, 2.75) is 31.3 Å². The predicted molar refractivity (Wildman–Crippen MR) is 121 cm³/mol. The molecule has 2 aromatic rings. The third kappa shape index (κ3) is 4.72. The zero-order valence-electron chi connectivity index (χ0n) is 18.2. The Morgan fingerprint density at radius 1 is 1.19 bits per heavy atom. The molecule has 0 spiro atoms. The molecule has 32 heavy (non-hydrogen) atoms. The van der Waals surface area contributed by atoms with Crippen LogP contribution in [0.5, 0.6) is 11.5 Å². The van der Waals surface area contributed by atoms with Crippen molar-refractivity contribution in [1.82, 2.24) is 4.31 Å². The summed E-state index contributed by atoms with van der Waals surface area (Å²) < 4.78 is 43.7. The van der Waals surface area contributed by atoms with Crippen molar-refractivity contribution in [2.75, 3.05) is 32.9 Å². The Morgan fingerprint density at radius 2 is 1.91 bits per heavy atom. The maximum Gasteiger partial charge on any atom is 0.243 e. The van der Waals surface area contributed by atoms with Gasteiger partial charge < -0.3 is 14.2 Å². The Bertz CT molecular complexity index is 1120. The van der Waals surface area contributed by atoms with E-state index in [0.29, 0.717) is 44.2 Å². The van der Waals surface area contributed by atoms with Crippen molar-refractivity contribution in [3.63, 3.8) is 0 Å². The lowest BCUT2D eigenvalue weighted by molar-refractivity contribution is 0.0730. The molecule has 4 rings (SSSR count). The number of morpholine rings is 1. The molecule has 0 aromatic heterocycles. The molecular weight excluding hydrogens is 430 g/mol. The molecule has 0 radical (unpaired) electrons.